The van der Waals surface area contributed by atoms with Crippen LogP contribution in [-0.2, 0) is 4.79 Å². The molecule has 1 heteroatoms. The molecule has 1 aliphatic rings. The Kier molecular flexibility index (Phi) is 4.56. The smallest absolute Gasteiger partial charge is 0.159 e. The first-order valence-corrected chi connectivity index (χ1v) is 6.25. The molecular formula is C14H24O. The second kappa shape index (κ2) is 5.48. The summed E-state index contributed by atoms with van der Waals surface area (Å²) in [6, 6.07) is 0. The van der Waals surface area contributed by atoms with Gasteiger partial charge in [0, 0.05) is 6.42 Å². The molecule has 86 valence electrons. The van der Waals surface area contributed by atoms with Crippen molar-refractivity contribution in [3.8, 4) is 0 Å². The SMILES string of the molecule is CC1=C(C(C)CCCC(C)C)C(=O)CC1. The monoisotopic (exact) mass is 208 g/mol. The van der Waals surface area contributed by atoms with Crippen LogP contribution in [-0.4, -0.2) is 5.78 Å². The molecule has 0 aliphatic heterocycles. The Labute approximate surface area is 93.9 Å². The third kappa shape index (κ3) is 3.48. The van der Waals surface area contributed by atoms with E-state index >= 15 is 0 Å². The normalized spacial score (nSPS) is 19.1. The van der Waals surface area contributed by atoms with Crippen molar-refractivity contribution >= 4 is 5.78 Å². The van der Waals surface area contributed by atoms with Crippen LogP contribution in [0, 0.1) is 11.8 Å². The lowest BCUT2D eigenvalue weighted by Crippen LogP contribution is -2.07. The predicted molar refractivity (Wildman–Crippen MR) is 64.8 cm³/mol. The first-order valence-electron chi connectivity index (χ1n) is 6.25. The molecule has 0 saturated heterocycles. The summed E-state index contributed by atoms with van der Waals surface area (Å²) in [7, 11) is 0. The van der Waals surface area contributed by atoms with Crippen LogP contribution < -0.4 is 0 Å². The van der Waals surface area contributed by atoms with E-state index in [-0.39, 0.29) is 0 Å². The fourth-order valence-corrected chi connectivity index (χ4v) is 2.48. The highest BCUT2D eigenvalue weighted by atomic mass is 16.1. The number of hydrogen-bond acceptors (Lipinski definition) is 1. The van der Waals surface area contributed by atoms with Crippen molar-refractivity contribution in [3.05, 3.63) is 11.1 Å². The van der Waals surface area contributed by atoms with Crippen LogP contribution >= 0.6 is 0 Å². The number of hydrogen-bond donors (Lipinski definition) is 0. The summed E-state index contributed by atoms with van der Waals surface area (Å²) in [4.78, 5) is 11.7. The highest BCUT2D eigenvalue weighted by Crippen LogP contribution is 2.31. The lowest BCUT2D eigenvalue weighted by molar-refractivity contribution is -0.115. The molecule has 0 spiro atoms. The van der Waals surface area contributed by atoms with E-state index in [1.54, 1.807) is 0 Å². The summed E-state index contributed by atoms with van der Waals surface area (Å²) in [5, 5.41) is 0. The third-order valence-electron chi connectivity index (χ3n) is 3.40. The molecule has 0 bridgehead atoms. The van der Waals surface area contributed by atoms with Crippen LogP contribution in [0.1, 0.15) is 59.8 Å². The molecule has 1 rings (SSSR count). The Hall–Kier alpha value is -0.590. The third-order valence-corrected chi connectivity index (χ3v) is 3.40. The lowest BCUT2D eigenvalue weighted by Gasteiger charge is -2.14. The van der Waals surface area contributed by atoms with Crippen molar-refractivity contribution in [2.24, 2.45) is 11.8 Å². The summed E-state index contributed by atoms with van der Waals surface area (Å²) < 4.78 is 0. The fourth-order valence-electron chi connectivity index (χ4n) is 2.48. The van der Waals surface area contributed by atoms with Gasteiger partial charge in [0.1, 0.15) is 0 Å². The molecular weight excluding hydrogens is 184 g/mol. The van der Waals surface area contributed by atoms with Crippen molar-refractivity contribution in [2.75, 3.05) is 0 Å². The van der Waals surface area contributed by atoms with Crippen LogP contribution in [0.25, 0.3) is 0 Å². The van der Waals surface area contributed by atoms with Crippen molar-refractivity contribution in [1.82, 2.24) is 0 Å². The van der Waals surface area contributed by atoms with Gasteiger partial charge in [-0.1, -0.05) is 39.2 Å². The van der Waals surface area contributed by atoms with E-state index in [0.29, 0.717) is 11.7 Å². The number of allylic oxidation sites excluding steroid dienone is 2. The van der Waals surface area contributed by atoms with Crippen molar-refractivity contribution in [1.29, 1.82) is 0 Å². The molecule has 0 N–H and O–H groups in total. The highest BCUT2D eigenvalue weighted by Gasteiger charge is 2.24. The summed E-state index contributed by atoms with van der Waals surface area (Å²) >= 11 is 0. The lowest BCUT2D eigenvalue weighted by atomic mass is 9.91. The van der Waals surface area contributed by atoms with Gasteiger partial charge in [-0.3, -0.25) is 4.79 Å². The minimum atomic E-state index is 0.407. The van der Waals surface area contributed by atoms with E-state index < -0.39 is 0 Å². The molecule has 1 unspecified atom stereocenters. The van der Waals surface area contributed by atoms with E-state index in [1.807, 2.05) is 0 Å². The number of carbonyl (C=O) groups is 1. The zero-order valence-corrected chi connectivity index (χ0v) is 10.6. The van der Waals surface area contributed by atoms with Crippen LogP contribution in [0.3, 0.4) is 0 Å². The maximum Gasteiger partial charge on any atom is 0.159 e. The van der Waals surface area contributed by atoms with E-state index in [2.05, 4.69) is 27.7 Å². The Morgan fingerprint density at radius 2 is 1.80 bits per heavy atom. The molecule has 1 atom stereocenters. The van der Waals surface area contributed by atoms with E-state index in [4.69, 9.17) is 0 Å². The predicted octanol–water partition coefficient (Wildman–Crippen LogP) is 4.13. The van der Waals surface area contributed by atoms with Gasteiger partial charge in [0.2, 0.25) is 0 Å². The molecule has 0 aromatic heterocycles. The van der Waals surface area contributed by atoms with Gasteiger partial charge in [-0.2, -0.15) is 0 Å². The summed E-state index contributed by atoms with van der Waals surface area (Å²) in [6.07, 6.45) is 5.47. The molecule has 0 aromatic carbocycles. The molecule has 0 amide bonds. The molecule has 0 aromatic rings. The molecule has 0 fully saturated rings. The Morgan fingerprint density at radius 1 is 1.13 bits per heavy atom. The van der Waals surface area contributed by atoms with Gasteiger partial charge >= 0.3 is 0 Å². The zero-order chi connectivity index (χ0) is 11.4. The zero-order valence-electron chi connectivity index (χ0n) is 10.6. The van der Waals surface area contributed by atoms with Crippen LogP contribution in [0.2, 0.25) is 0 Å². The molecule has 15 heavy (non-hydrogen) atoms. The molecule has 0 saturated carbocycles. The Balaban J connectivity index is 2.43. The van der Waals surface area contributed by atoms with Crippen LogP contribution in [0.5, 0.6) is 0 Å². The fraction of sp³-hybridized carbons (Fsp3) is 0.786. The van der Waals surface area contributed by atoms with E-state index in [1.165, 1.54) is 24.8 Å². The number of Topliss-reactive ketones (excluding diaryl/α,β-unsaturated/α-hetero) is 1. The largest absolute Gasteiger partial charge is 0.295 e. The molecule has 1 aliphatic carbocycles. The number of ketones is 1. The second-order valence-electron chi connectivity index (χ2n) is 5.34. The molecule has 0 radical (unpaired) electrons. The van der Waals surface area contributed by atoms with E-state index in [9.17, 15) is 4.79 Å². The maximum absolute atomic E-state index is 11.7. The topological polar surface area (TPSA) is 17.1 Å². The summed E-state index contributed by atoms with van der Waals surface area (Å²) in [6.45, 7) is 8.85. The van der Waals surface area contributed by atoms with E-state index in [0.717, 1.165) is 24.3 Å². The maximum atomic E-state index is 11.7. The minimum Gasteiger partial charge on any atom is -0.295 e. The highest BCUT2D eigenvalue weighted by molar-refractivity contribution is 5.98. The average Bonchev–Trinajstić information content (AvgIpc) is 2.45. The van der Waals surface area contributed by atoms with Gasteiger partial charge in [0.25, 0.3) is 0 Å². The van der Waals surface area contributed by atoms with Gasteiger partial charge < -0.3 is 0 Å². The van der Waals surface area contributed by atoms with Crippen LogP contribution in [0.4, 0.5) is 0 Å². The van der Waals surface area contributed by atoms with Crippen molar-refractivity contribution < 1.29 is 4.79 Å². The molecule has 0 heterocycles. The first-order chi connectivity index (χ1) is 7.02. The number of rotatable bonds is 5. The Bertz CT molecular complexity index is 261. The van der Waals surface area contributed by atoms with Gasteiger partial charge in [-0.15, -0.1) is 0 Å². The quantitative estimate of drug-likeness (QED) is 0.664. The average molecular weight is 208 g/mol. The standard InChI is InChI=1S/C14H24O/c1-10(2)6-5-7-11(3)14-12(4)8-9-13(14)15/h10-11H,5-9H2,1-4H3. The second-order valence-corrected chi connectivity index (χ2v) is 5.34. The Morgan fingerprint density at radius 3 is 2.27 bits per heavy atom. The van der Waals surface area contributed by atoms with Gasteiger partial charge in [-0.25, -0.2) is 0 Å². The van der Waals surface area contributed by atoms with Crippen LogP contribution in [0.15, 0.2) is 11.1 Å². The van der Waals surface area contributed by atoms with Gasteiger partial charge in [-0.05, 0) is 37.2 Å². The first kappa shape index (κ1) is 12.5. The van der Waals surface area contributed by atoms with Gasteiger partial charge in [0.05, 0.1) is 0 Å². The number of carbonyl (C=O) groups excluding carboxylic acids is 1. The van der Waals surface area contributed by atoms with Gasteiger partial charge in [0.15, 0.2) is 5.78 Å². The summed E-state index contributed by atoms with van der Waals surface area (Å²) in [5.74, 6) is 1.68. The minimum absolute atomic E-state index is 0.407. The summed E-state index contributed by atoms with van der Waals surface area (Å²) in [5.41, 5.74) is 2.50. The van der Waals surface area contributed by atoms with Crippen molar-refractivity contribution in [2.45, 2.75) is 59.8 Å². The molecule has 1 nitrogen and oxygen atoms in total. The van der Waals surface area contributed by atoms with Crippen molar-refractivity contribution in [3.63, 3.8) is 0 Å².